The van der Waals surface area contributed by atoms with Crippen LogP contribution in [0.3, 0.4) is 0 Å². The molecule has 0 saturated heterocycles. The molecular formula is C31H44O. The van der Waals surface area contributed by atoms with Gasteiger partial charge in [0.1, 0.15) is 5.75 Å². The number of benzene rings is 1. The SMILES string of the molecule is CCCCCCCC1CCC(C#CC=CC#Cc2ccc(OCCCCCC)cc2)CC1. The summed E-state index contributed by atoms with van der Waals surface area (Å²) in [7, 11) is 0. The van der Waals surface area contributed by atoms with Gasteiger partial charge >= 0.3 is 0 Å². The molecule has 1 aliphatic rings. The lowest BCUT2D eigenvalue weighted by molar-refractivity contribution is 0.294. The average Bonchev–Trinajstić information content (AvgIpc) is 2.83. The van der Waals surface area contributed by atoms with E-state index in [1.165, 1.54) is 83.5 Å². The first-order valence-corrected chi connectivity index (χ1v) is 13.2. The van der Waals surface area contributed by atoms with Gasteiger partial charge < -0.3 is 4.74 Å². The van der Waals surface area contributed by atoms with E-state index in [4.69, 9.17) is 4.74 Å². The van der Waals surface area contributed by atoms with Crippen LogP contribution in [0, 0.1) is 35.5 Å². The molecule has 0 bridgehead atoms. The van der Waals surface area contributed by atoms with Crippen molar-refractivity contribution in [1.82, 2.24) is 0 Å². The topological polar surface area (TPSA) is 9.23 Å². The second kappa shape index (κ2) is 17.4. The molecule has 1 nitrogen and oxygen atoms in total. The molecule has 1 aliphatic carbocycles. The molecule has 0 aromatic heterocycles. The quantitative estimate of drug-likeness (QED) is 0.237. The minimum Gasteiger partial charge on any atom is -0.494 e. The van der Waals surface area contributed by atoms with Crippen LogP contribution >= 0.6 is 0 Å². The Morgan fingerprint density at radius 2 is 1.44 bits per heavy atom. The summed E-state index contributed by atoms with van der Waals surface area (Å²) in [5.74, 6) is 15.4. The fourth-order valence-corrected chi connectivity index (χ4v) is 4.36. The van der Waals surface area contributed by atoms with Gasteiger partial charge in [-0.25, -0.2) is 0 Å². The molecule has 0 amide bonds. The molecule has 0 spiro atoms. The molecule has 0 N–H and O–H groups in total. The van der Waals surface area contributed by atoms with Crippen LogP contribution in [0.1, 0.15) is 109 Å². The Hall–Kier alpha value is -2.12. The molecular weight excluding hydrogens is 388 g/mol. The third kappa shape index (κ3) is 12.1. The summed E-state index contributed by atoms with van der Waals surface area (Å²) in [6, 6.07) is 8.07. The van der Waals surface area contributed by atoms with E-state index in [2.05, 4.69) is 37.5 Å². The third-order valence-corrected chi connectivity index (χ3v) is 6.44. The smallest absolute Gasteiger partial charge is 0.119 e. The Kier molecular flexibility index (Phi) is 14.2. The van der Waals surface area contributed by atoms with Gasteiger partial charge in [-0.15, -0.1) is 0 Å². The highest BCUT2D eigenvalue weighted by molar-refractivity contribution is 5.40. The van der Waals surface area contributed by atoms with Crippen molar-refractivity contribution in [1.29, 1.82) is 0 Å². The van der Waals surface area contributed by atoms with Gasteiger partial charge in [0, 0.05) is 11.5 Å². The highest BCUT2D eigenvalue weighted by atomic mass is 16.5. The average molecular weight is 433 g/mol. The van der Waals surface area contributed by atoms with Crippen molar-refractivity contribution >= 4 is 0 Å². The summed E-state index contributed by atoms with van der Waals surface area (Å²) in [6.45, 7) is 5.31. The summed E-state index contributed by atoms with van der Waals surface area (Å²) in [5.41, 5.74) is 1.01. The van der Waals surface area contributed by atoms with E-state index in [1.54, 1.807) is 0 Å². The monoisotopic (exact) mass is 432 g/mol. The van der Waals surface area contributed by atoms with Gasteiger partial charge in [-0.1, -0.05) is 95.3 Å². The molecule has 1 saturated carbocycles. The minimum atomic E-state index is 0.582. The highest BCUT2D eigenvalue weighted by Gasteiger charge is 2.19. The maximum Gasteiger partial charge on any atom is 0.119 e. The zero-order valence-electron chi connectivity index (χ0n) is 20.6. The van der Waals surface area contributed by atoms with E-state index >= 15 is 0 Å². The standard InChI is InChI=1S/C31H44O/c1-3-5-7-9-12-16-28-19-21-29(22-20-28)17-13-10-11-14-18-30-23-25-31(26-24-30)32-27-15-8-6-4-2/h10-11,23-26,28-29H,3-9,12,15-16,19-22,27H2,1-2H3. The van der Waals surface area contributed by atoms with Crippen molar-refractivity contribution in [3.63, 3.8) is 0 Å². The third-order valence-electron chi connectivity index (χ3n) is 6.44. The number of ether oxygens (including phenoxy) is 1. The molecule has 174 valence electrons. The Bertz CT molecular complexity index is 742. The molecule has 1 aromatic carbocycles. The number of hydrogen-bond donors (Lipinski definition) is 0. The van der Waals surface area contributed by atoms with Gasteiger partial charge in [0.25, 0.3) is 0 Å². The van der Waals surface area contributed by atoms with Crippen LogP contribution in [-0.2, 0) is 0 Å². The fourth-order valence-electron chi connectivity index (χ4n) is 4.36. The predicted octanol–water partition coefficient (Wildman–Crippen LogP) is 8.72. The normalized spacial score (nSPS) is 17.9. The summed E-state index contributed by atoms with van der Waals surface area (Å²) < 4.78 is 5.78. The van der Waals surface area contributed by atoms with Crippen LogP contribution in [0.15, 0.2) is 36.4 Å². The molecule has 0 atom stereocenters. The van der Waals surface area contributed by atoms with Crippen molar-refractivity contribution in [2.24, 2.45) is 11.8 Å². The van der Waals surface area contributed by atoms with Crippen molar-refractivity contribution in [3.05, 3.63) is 42.0 Å². The Morgan fingerprint density at radius 1 is 0.781 bits per heavy atom. The van der Waals surface area contributed by atoms with E-state index < -0.39 is 0 Å². The van der Waals surface area contributed by atoms with Crippen molar-refractivity contribution < 1.29 is 4.74 Å². The molecule has 0 radical (unpaired) electrons. The first-order valence-electron chi connectivity index (χ1n) is 13.2. The Morgan fingerprint density at radius 3 is 2.16 bits per heavy atom. The van der Waals surface area contributed by atoms with E-state index in [0.717, 1.165) is 30.3 Å². The van der Waals surface area contributed by atoms with Gasteiger partial charge in [-0.05, 0) is 74.4 Å². The lowest BCUT2D eigenvalue weighted by atomic mass is 9.80. The summed E-state index contributed by atoms with van der Waals surface area (Å²) in [6.07, 6.45) is 22.4. The molecule has 1 fully saturated rings. The zero-order valence-corrected chi connectivity index (χ0v) is 20.6. The molecule has 2 rings (SSSR count). The molecule has 0 heterocycles. The van der Waals surface area contributed by atoms with Crippen molar-refractivity contribution in [2.75, 3.05) is 6.61 Å². The lowest BCUT2D eigenvalue weighted by Crippen LogP contribution is -2.13. The van der Waals surface area contributed by atoms with Gasteiger partial charge in [-0.3, -0.25) is 0 Å². The van der Waals surface area contributed by atoms with E-state index in [1.807, 2.05) is 36.4 Å². The largest absolute Gasteiger partial charge is 0.494 e. The number of allylic oxidation sites excluding steroid dienone is 2. The molecule has 0 unspecified atom stereocenters. The molecule has 0 aliphatic heterocycles. The second-order valence-electron chi connectivity index (χ2n) is 9.25. The van der Waals surface area contributed by atoms with Gasteiger partial charge in [0.15, 0.2) is 0 Å². The first-order chi connectivity index (χ1) is 15.8. The predicted molar refractivity (Wildman–Crippen MR) is 139 cm³/mol. The highest BCUT2D eigenvalue weighted by Crippen LogP contribution is 2.31. The number of rotatable bonds is 12. The second-order valence-corrected chi connectivity index (χ2v) is 9.25. The summed E-state index contributed by atoms with van der Waals surface area (Å²) >= 11 is 0. The van der Waals surface area contributed by atoms with Crippen LogP contribution in [0.25, 0.3) is 0 Å². The Labute approximate surface area is 198 Å². The van der Waals surface area contributed by atoms with E-state index in [9.17, 15) is 0 Å². The molecule has 32 heavy (non-hydrogen) atoms. The van der Waals surface area contributed by atoms with Crippen LogP contribution in [0.4, 0.5) is 0 Å². The van der Waals surface area contributed by atoms with E-state index in [0.29, 0.717) is 5.92 Å². The van der Waals surface area contributed by atoms with Crippen LogP contribution in [0.2, 0.25) is 0 Å². The Balaban J connectivity index is 1.61. The molecule has 1 heteroatoms. The maximum absolute atomic E-state index is 5.78. The summed E-state index contributed by atoms with van der Waals surface area (Å²) in [4.78, 5) is 0. The van der Waals surface area contributed by atoms with E-state index in [-0.39, 0.29) is 0 Å². The van der Waals surface area contributed by atoms with Crippen molar-refractivity contribution in [3.8, 4) is 29.4 Å². The van der Waals surface area contributed by atoms with Crippen molar-refractivity contribution in [2.45, 2.75) is 104 Å². The van der Waals surface area contributed by atoms with Gasteiger partial charge in [0.05, 0.1) is 6.61 Å². The van der Waals surface area contributed by atoms with Crippen LogP contribution < -0.4 is 4.74 Å². The first kappa shape index (κ1) is 26.1. The van der Waals surface area contributed by atoms with Crippen LogP contribution in [-0.4, -0.2) is 6.61 Å². The molecule has 1 aromatic rings. The zero-order chi connectivity index (χ0) is 22.7. The number of unbranched alkanes of at least 4 members (excludes halogenated alkanes) is 7. The fraction of sp³-hybridized carbons (Fsp3) is 0.613. The summed E-state index contributed by atoms with van der Waals surface area (Å²) in [5, 5.41) is 0. The van der Waals surface area contributed by atoms with Gasteiger partial charge in [0.2, 0.25) is 0 Å². The minimum absolute atomic E-state index is 0.582. The lowest BCUT2D eigenvalue weighted by Gasteiger charge is -2.25. The maximum atomic E-state index is 5.78. The number of hydrogen-bond acceptors (Lipinski definition) is 1. The van der Waals surface area contributed by atoms with Crippen LogP contribution in [0.5, 0.6) is 5.75 Å². The van der Waals surface area contributed by atoms with Gasteiger partial charge in [-0.2, -0.15) is 0 Å².